The summed E-state index contributed by atoms with van der Waals surface area (Å²) in [6, 6.07) is 14.2. The van der Waals surface area contributed by atoms with Gasteiger partial charge >= 0.3 is 12.1 Å². The minimum atomic E-state index is -4.34. The second kappa shape index (κ2) is 9.95. The van der Waals surface area contributed by atoms with Gasteiger partial charge in [0.05, 0.1) is 5.56 Å². The molecule has 1 heterocycles. The van der Waals surface area contributed by atoms with E-state index in [0.717, 1.165) is 11.6 Å². The molecule has 1 aliphatic heterocycles. The van der Waals surface area contributed by atoms with Gasteiger partial charge in [0.1, 0.15) is 6.04 Å². The fourth-order valence-electron chi connectivity index (χ4n) is 3.60. The first-order valence-corrected chi connectivity index (χ1v) is 9.97. The van der Waals surface area contributed by atoms with Crippen molar-refractivity contribution in [2.45, 2.75) is 18.6 Å². The second-order valence-corrected chi connectivity index (χ2v) is 7.41. The lowest BCUT2D eigenvalue weighted by Crippen LogP contribution is -2.49. The summed E-state index contributed by atoms with van der Waals surface area (Å²) in [6.45, 7) is 3.92. The minimum absolute atomic E-state index is 0.416. The Morgan fingerprint density at radius 3 is 2.37 bits per heavy atom. The molecule has 2 aromatic rings. The monoisotopic (exact) mass is 421 g/mol. The van der Waals surface area contributed by atoms with Crippen molar-refractivity contribution in [1.82, 2.24) is 10.2 Å². The maximum absolute atomic E-state index is 12.9. The van der Waals surface area contributed by atoms with Crippen molar-refractivity contribution in [2.24, 2.45) is 0 Å². The van der Waals surface area contributed by atoms with E-state index in [1.54, 1.807) is 6.07 Å². The van der Waals surface area contributed by atoms with E-state index >= 15 is 0 Å². The number of hydrogen-bond acceptors (Lipinski definition) is 4. The van der Waals surface area contributed by atoms with Crippen molar-refractivity contribution in [1.29, 1.82) is 0 Å². The molecule has 1 saturated heterocycles. The topological polar surface area (TPSA) is 55.8 Å². The van der Waals surface area contributed by atoms with E-state index in [1.165, 1.54) is 12.1 Å². The van der Waals surface area contributed by atoms with Gasteiger partial charge in [-0.2, -0.15) is 13.2 Å². The maximum Gasteiger partial charge on any atom is 0.416 e. The van der Waals surface area contributed by atoms with Gasteiger partial charge in [-0.05, 0) is 30.2 Å². The first kappa shape index (κ1) is 22.1. The predicted octanol–water partition coefficient (Wildman–Crippen LogP) is 3.11. The number of aliphatic carboxylic acids is 1. The molecule has 0 aromatic heterocycles. The van der Waals surface area contributed by atoms with E-state index in [-0.39, 0.29) is 0 Å². The number of nitrogens with zero attached hydrogens (tertiary/aromatic N) is 2. The molecule has 0 bridgehead atoms. The summed E-state index contributed by atoms with van der Waals surface area (Å²) in [4.78, 5) is 15.7. The normalized spacial score (nSPS) is 16.4. The highest BCUT2D eigenvalue weighted by molar-refractivity contribution is 5.73. The van der Waals surface area contributed by atoms with Crippen LogP contribution in [0, 0.1) is 0 Å². The zero-order valence-corrected chi connectivity index (χ0v) is 16.6. The van der Waals surface area contributed by atoms with E-state index in [1.807, 2.05) is 35.2 Å². The molecule has 30 heavy (non-hydrogen) atoms. The number of anilines is 1. The molecule has 0 amide bonds. The number of hydrogen-bond donors (Lipinski definition) is 2. The molecule has 8 heteroatoms. The van der Waals surface area contributed by atoms with Crippen LogP contribution < -0.4 is 10.2 Å². The third kappa shape index (κ3) is 6.21. The Morgan fingerprint density at radius 1 is 1.03 bits per heavy atom. The summed E-state index contributed by atoms with van der Waals surface area (Å²) in [5.74, 6) is -0.881. The van der Waals surface area contributed by atoms with Crippen LogP contribution in [0.5, 0.6) is 0 Å². The van der Waals surface area contributed by atoms with Crippen LogP contribution in [0.25, 0.3) is 0 Å². The van der Waals surface area contributed by atoms with Gasteiger partial charge in [0, 0.05) is 45.0 Å². The lowest BCUT2D eigenvalue weighted by molar-refractivity contribution is -0.139. The van der Waals surface area contributed by atoms with E-state index in [9.17, 15) is 23.1 Å². The second-order valence-electron chi connectivity index (χ2n) is 7.41. The molecule has 0 radical (unpaired) electrons. The third-order valence-corrected chi connectivity index (χ3v) is 5.31. The Hall–Kier alpha value is -2.58. The number of carboxylic acid groups (broad SMARTS) is 1. The molecule has 5 nitrogen and oxygen atoms in total. The van der Waals surface area contributed by atoms with Crippen molar-refractivity contribution >= 4 is 11.7 Å². The van der Waals surface area contributed by atoms with Crippen LogP contribution in [0.3, 0.4) is 0 Å². The third-order valence-electron chi connectivity index (χ3n) is 5.31. The van der Waals surface area contributed by atoms with Gasteiger partial charge in [-0.25, -0.2) is 0 Å². The fourth-order valence-corrected chi connectivity index (χ4v) is 3.60. The fraction of sp³-hybridized carbons (Fsp3) is 0.409. The van der Waals surface area contributed by atoms with Crippen LogP contribution in [0.1, 0.15) is 11.1 Å². The lowest BCUT2D eigenvalue weighted by Gasteiger charge is -2.36. The molecule has 1 fully saturated rings. The van der Waals surface area contributed by atoms with Crippen molar-refractivity contribution in [3.63, 3.8) is 0 Å². The van der Waals surface area contributed by atoms with Crippen LogP contribution in [-0.4, -0.2) is 61.3 Å². The quantitative estimate of drug-likeness (QED) is 0.686. The van der Waals surface area contributed by atoms with Gasteiger partial charge in [-0.1, -0.05) is 36.4 Å². The van der Waals surface area contributed by atoms with Crippen LogP contribution in [0.4, 0.5) is 18.9 Å². The van der Waals surface area contributed by atoms with Crippen LogP contribution in [0.2, 0.25) is 0 Å². The lowest BCUT2D eigenvalue weighted by atomic mass is 10.1. The number of piperazine rings is 1. The molecule has 2 aromatic carbocycles. The van der Waals surface area contributed by atoms with E-state index in [0.29, 0.717) is 51.4 Å². The van der Waals surface area contributed by atoms with Crippen LogP contribution in [0.15, 0.2) is 54.6 Å². The number of benzene rings is 2. The van der Waals surface area contributed by atoms with Crippen molar-refractivity contribution in [2.75, 3.05) is 44.2 Å². The van der Waals surface area contributed by atoms with Crippen molar-refractivity contribution < 1.29 is 23.1 Å². The SMILES string of the molecule is O=C(O)[C@H](Cc1ccccc1)NCCN1CCN(c2cccc(C(F)(F)F)c2)CC1. The molecule has 162 valence electrons. The largest absolute Gasteiger partial charge is 0.480 e. The summed E-state index contributed by atoms with van der Waals surface area (Å²) in [5.41, 5.74) is 0.910. The number of carboxylic acids is 1. The first-order valence-electron chi connectivity index (χ1n) is 9.97. The van der Waals surface area contributed by atoms with Gasteiger partial charge in [0.15, 0.2) is 0 Å². The highest BCUT2D eigenvalue weighted by Crippen LogP contribution is 2.31. The predicted molar refractivity (Wildman–Crippen MR) is 110 cm³/mol. The number of rotatable bonds is 8. The Bertz CT molecular complexity index is 822. The zero-order valence-electron chi connectivity index (χ0n) is 16.6. The molecule has 0 saturated carbocycles. The molecule has 0 spiro atoms. The number of halogens is 3. The molecule has 2 N–H and O–H groups in total. The number of alkyl halides is 3. The molecule has 3 rings (SSSR count). The van der Waals surface area contributed by atoms with Gasteiger partial charge in [-0.3, -0.25) is 9.69 Å². The Morgan fingerprint density at radius 2 is 1.73 bits per heavy atom. The van der Waals surface area contributed by atoms with Gasteiger partial charge in [-0.15, -0.1) is 0 Å². The Kier molecular flexibility index (Phi) is 7.33. The molecular formula is C22H26F3N3O2. The Labute approximate surface area is 174 Å². The summed E-state index contributed by atoms with van der Waals surface area (Å²) >= 11 is 0. The van der Waals surface area contributed by atoms with Crippen molar-refractivity contribution in [3.8, 4) is 0 Å². The molecule has 0 aliphatic carbocycles. The Balaban J connectivity index is 1.45. The molecule has 0 unspecified atom stereocenters. The molecule has 1 aliphatic rings. The van der Waals surface area contributed by atoms with Gasteiger partial charge in [0.25, 0.3) is 0 Å². The van der Waals surface area contributed by atoms with Crippen LogP contribution >= 0.6 is 0 Å². The average Bonchev–Trinajstić information content (AvgIpc) is 2.73. The summed E-state index contributed by atoms with van der Waals surface area (Å²) in [5, 5.41) is 12.6. The maximum atomic E-state index is 12.9. The highest BCUT2D eigenvalue weighted by Gasteiger charge is 2.31. The van der Waals surface area contributed by atoms with Crippen LogP contribution in [-0.2, 0) is 17.4 Å². The number of nitrogens with one attached hydrogen (secondary N) is 1. The summed E-state index contributed by atoms with van der Waals surface area (Å²) in [6.07, 6.45) is -3.93. The zero-order chi connectivity index (χ0) is 21.6. The van der Waals surface area contributed by atoms with E-state index < -0.39 is 23.8 Å². The summed E-state index contributed by atoms with van der Waals surface area (Å²) in [7, 11) is 0. The number of carbonyl (C=O) groups is 1. The minimum Gasteiger partial charge on any atom is -0.480 e. The average molecular weight is 421 g/mol. The smallest absolute Gasteiger partial charge is 0.416 e. The van der Waals surface area contributed by atoms with Gasteiger partial charge < -0.3 is 15.3 Å². The van der Waals surface area contributed by atoms with E-state index in [2.05, 4.69) is 10.2 Å². The highest BCUT2D eigenvalue weighted by atomic mass is 19.4. The molecular weight excluding hydrogens is 395 g/mol. The summed E-state index contributed by atoms with van der Waals surface area (Å²) < 4.78 is 38.8. The van der Waals surface area contributed by atoms with E-state index in [4.69, 9.17) is 0 Å². The standard InChI is InChI=1S/C22H26F3N3O2/c23-22(24,25)18-7-4-8-19(16-18)28-13-11-27(12-14-28)10-9-26-20(21(29)30)15-17-5-2-1-3-6-17/h1-8,16,20,26H,9-15H2,(H,29,30)/t20-/m0/s1. The van der Waals surface area contributed by atoms with Crippen molar-refractivity contribution in [3.05, 3.63) is 65.7 Å². The first-order chi connectivity index (χ1) is 14.3. The van der Waals surface area contributed by atoms with Gasteiger partial charge in [0.2, 0.25) is 0 Å². The molecule has 1 atom stereocenters.